The molecule has 0 radical (unpaired) electrons. The molecule has 2 N–H and O–H groups in total. The summed E-state index contributed by atoms with van der Waals surface area (Å²) in [4.78, 5) is 12.7. The number of hydrogen-bond acceptors (Lipinski definition) is 4. The summed E-state index contributed by atoms with van der Waals surface area (Å²) in [5.41, 5.74) is 5.52. The predicted octanol–water partition coefficient (Wildman–Crippen LogP) is 0.541. The van der Waals surface area contributed by atoms with Crippen LogP contribution < -0.4 is 10.6 Å². The van der Waals surface area contributed by atoms with Crippen molar-refractivity contribution < 1.29 is 17.6 Å². The van der Waals surface area contributed by atoms with Gasteiger partial charge in [0.25, 0.3) is 0 Å². The Kier molecular flexibility index (Phi) is 3.49. The largest absolute Gasteiger partial charge is 0.369 e. The van der Waals surface area contributed by atoms with Crippen LogP contribution in [0, 0.1) is 11.7 Å². The number of nitrogens with two attached hydrogens (primary N) is 1. The zero-order valence-electron chi connectivity index (χ0n) is 10.5. The SMILES string of the molecule is CS(=O)(=O)c1ccc(N2CCC(C(N)=O)C2)c(F)c1. The highest BCUT2D eigenvalue weighted by atomic mass is 32.2. The fourth-order valence-electron chi connectivity index (χ4n) is 2.19. The Morgan fingerprint density at radius 1 is 1.47 bits per heavy atom. The van der Waals surface area contributed by atoms with Gasteiger partial charge in [0.15, 0.2) is 9.84 Å². The molecular weight excluding hydrogens is 271 g/mol. The smallest absolute Gasteiger partial charge is 0.222 e. The standard InChI is InChI=1S/C12H15FN2O3S/c1-19(17,18)9-2-3-11(10(13)6-9)15-5-4-8(7-15)12(14)16/h2-3,6,8H,4-5,7H2,1H3,(H2,14,16). The second kappa shape index (κ2) is 4.80. The van der Waals surface area contributed by atoms with Crippen molar-refractivity contribution in [1.82, 2.24) is 0 Å². The van der Waals surface area contributed by atoms with Crippen LogP contribution in [0.25, 0.3) is 0 Å². The van der Waals surface area contributed by atoms with E-state index in [1.54, 1.807) is 4.90 Å². The number of anilines is 1. The number of benzene rings is 1. The number of primary amides is 1. The van der Waals surface area contributed by atoms with E-state index in [9.17, 15) is 17.6 Å². The Bertz CT molecular complexity index is 615. The number of halogens is 1. The van der Waals surface area contributed by atoms with Gasteiger partial charge in [-0.1, -0.05) is 0 Å². The minimum Gasteiger partial charge on any atom is -0.369 e. The van der Waals surface area contributed by atoms with Crippen molar-refractivity contribution >= 4 is 21.4 Å². The van der Waals surface area contributed by atoms with E-state index in [4.69, 9.17) is 5.73 Å². The number of sulfone groups is 1. The van der Waals surface area contributed by atoms with Crippen molar-refractivity contribution in [2.45, 2.75) is 11.3 Å². The Morgan fingerprint density at radius 2 is 2.16 bits per heavy atom. The van der Waals surface area contributed by atoms with Gasteiger partial charge < -0.3 is 10.6 Å². The van der Waals surface area contributed by atoms with E-state index in [0.29, 0.717) is 25.2 Å². The molecule has 1 aromatic rings. The summed E-state index contributed by atoms with van der Waals surface area (Å²) in [7, 11) is -3.42. The first-order valence-electron chi connectivity index (χ1n) is 5.83. The van der Waals surface area contributed by atoms with E-state index in [-0.39, 0.29) is 10.8 Å². The minimum atomic E-state index is -3.42. The number of hydrogen-bond donors (Lipinski definition) is 1. The normalized spacial score (nSPS) is 19.7. The van der Waals surface area contributed by atoms with Gasteiger partial charge in [-0.15, -0.1) is 0 Å². The summed E-state index contributed by atoms with van der Waals surface area (Å²) in [5, 5.41) is 0. The molecule has 19 heavy (non-hydrogen) atoms. The molecule has 0 bridgehead atoms. The molecule has 1 unspecified atom stereocenters. The zero-order chi connectivity index (χ0) is 14.2. The topological polar surface area (TPSA) is 80.5 Å². The first-order valence-corrected chi connectivity index (χ1v) is 7.72. The van der Waals surface area contributed by atoms with Crippen LogP contribution >= 0.6 is 0 Å². The molecule has 1 saturated heterocycles. The van der Waals surface area contributed by atoms with Gasteiger partial charge in [0, 0.05) is 19.3 Å². The average molecular weight is 286 g/mol. The predicted molar refractivity (Wildman–Crippen MR) is 69.0 cm³/mol. The third kappa shape index (κ3) is 2.86. The minimum absolute atomic E-state index is 0.0561. The number of amides is 1. The first kappa shape index (κ1) is 13.8. The number of rotatable bonds is 3. The van der Waals surface area contributed by atoms with Crippen molar-refractivity contribution in [2.75, 3.05) is 24.2 Å². The highest BCUT2D eigenvalue weighted by Crippen LogP contribution is 2.27. The van der Waals surface area contributed by atoms with Crippen LogP contribution in [-0.2, 0) is 14.6 Å². The van der Waals surface area contributed by atoms with Crippen LogP contribution in [0.15, 0.2) is 23.1 Å². The highest BCUT2D eigenvalue weighted by Gasteiger charge is 2.28. The lowest BCUT2D eigenvalue weighted by atomic mass is 10.1. The fraction of sp³-hybridized carbons (Fsp3) is 0.417. The summed E-state index contributed by atoms with van der Waals surface area (Å²) in [6.45, 7) is 0.896. The molecule has 5 nitrogen and oxygen atoms in total. The summed E-state index contributed by atoms with van der Waals surface area (Å²) in [5.74, 6) is -1.28. The molecule has 7 heteroatoms. The molecular formula is C12H15FN2O3S. The lowest BCUT2D eigenvalue weighted by Gasteiger charge is -2.19. The number of carbonyl (C=O) groups is 1. The molecule has 0 aliphatic carbocycles. The molecule has 1 aliphatic heterocycles. The van der Waals surface area contributed by atoms with E-state index in [0.717, 1.165) is 12.3 Å². The molecule has 1 heterocycles. The molecule has 1 aliphatic rings. The van der Waals surface area contributed by atoms with Gasteiger partial charge in [-0.25, -0.2) is 12.8 Å². The molecule has 1 amide bonds. The fourth-order valence-corrected chi connectivity index (χ4v) is 2.82. The molecule has 0 spiro atoms. The average Bonchev–Trinajstić information content (AvgIpc) is 2.76. The first-order chi connectivity index (χ1) is 8.79. The van der Waals surface area contributed by atoms with E-state index in [2.05, 4.69) is 0 Å². The van der Waals surface area contributed by atoms with Crippen molar-refractivity contribution in [3.8, 4) is 0 Å². The Labute approximate surface area is 111 Å². The van der Waals surface area contributed by atoms with E-state index in [1.807, 2.05) is 0 Å². The van der Waals surface area contributed by atoms with Gasteiger partial charge in [-0.2, -0.15) is 0 Å². The molecule has 1 atom stereocenters. The molecule has 1 fully saturated rings. The zero-order valence-corrected chi connectivity index (χ0v) is 11.3. The van der Waals surface area contributed by atoms with Crippen LogP contribution in [-0.4, -0.2) is 33.7 Å². The van der Waals surface area contributed by atoms with Crippen LogP contribution in [0.1, 0.15) is 6.42 Å². The Balaban J connectivity index is 2.26. The quantitative estimate of drug-likeness (QED) is 0.879. The van der Waals surface area contributed by atoms with Gasteiger partial charge in [-0.3, -0.25) is 4.79 Å². The van der Waals surface area contributed by atoms with Crippen molar-refractivity contribution in [3.63, 3.8) is 0 Å². The van der Waals surface area contributed by atoms with E-state index < -0.39 is 21.6 Å². The third-order valence-corrected chi connectivity index (χ3v) is 4.39. The maximum atomic E-state index is 13.9. The molecule has 0 saturated carbocycles. The van der Waals surface area contributed by atoms with Gasteiger partial charge in [0.1, 0.15) is 5.82 Å². The van der Waals surface area contributed by atoms with Gasteiger partial charge in [0.05, 0.1) is 16.5 Å². The third-order valence-electron chi connectivity index (χ3n) is 3.28. The lowest BCUT2D eigenvalue weighted by Crippen LogP contribution is -2.27. The summed E-state index contributed by atoms with van der Waals surface area (Å²) < 4.78 is 36.6. The van der Waals surface area contributed by atoms with Gasteiger partial charge in [0.2, 0.25) is 5.91 Å². The summed E-state index contributed by atoms with van der Waals surface area (Å²) >= 11 is 0. The maximum Gasteiger partial charge on any atom is 0.222 e. The molecule has 104 valence electrons. The summed E-state index contributed by atoms with van der Waals surface area (Å²) in [6, 6.07) is 3.79. The highest BCUT2D eigenvalue weighted by molar-refractivity contribution is 7.90. The van der Waals surface area contributed by atoms with E-state index >= 15 is 0 Å². The monoisotopic (exact) mass is 286 g/mol. The molecule has 2 rings (SSSR count). The maximum absolute atomic E-state index is 13.9. The molecule has 0 aromatic heterocycles. The van der Waals surface area contributed by atoms with Crippen LogP contribution in [0.4, 0.5) is 10.1 Å². The van der Waals surface area contributed by atoms with Crippen LogP contribution in [0.2, 0.25) is 0 Å². The summed E-state index contributed by atoms with van der Waals surface area (Å²) in [6.07, 6.45) is 1.61. The lowest BCUT2D eigenvalue weighted by molar-refractivity contribution is -0.121. The van der Waals surface area contributed by atoms with Crippen molar-refractivity contribution in [2.24, 2.45) is 11.7 Å². The van der Waals surface area contributed by atoms with Gasteiger partial charge in [-0.05, 0) is 24.6 Å². The number of nitrogens with zero attached hydrogens (tertiary/aromatic N) is 1. The van der Waals surface area contributed by atoms with Crippen molar-refractivity contribution in [1.29, 1.82) is 0 Å². The number of carbonyl (C=O) groups excluding carboxylic acids is 1. The van der Waals surface area contributed by atoms with Crippen molar-refractivity contribution in [3.05, 3.63) is 24.0 Å². The van der Waals surface area contributed by atoms with Gasteiger partial charge >= 0.3 is 0 Å². The Hall–Kier alpha value is -1.63. The molecule has 1 aromatic carbocycles. The van der Waals surface area contributed by atoms with Crippen LogP contribution in [0.5, 0.6) is 0 Å². The Morgan fingerprint density at radius 3 is 2.63 bits per heavy atom. The second-order valence-electron chi connectivity index (χ2n) is 4.72. The van der Waals surface area contributed by atoms with E-state index in [1.165, 1.54) is 12.1 Å². The van der Waals surface area contributed by atoms with Crippen LogP contribution in [0.3, 0.4) is 0 Å². The second-order valence-corrected chi connectivity index (χ2v) is 6.74.